The van der Waals surface area contributed by atoms with Gasteiger partial charge in [-0.3, -0.25) is 5.43 Å². The molecule has 50 valence electrons. The lowest BCUT2D eigenvalue weighted by Crippen LogP contribution is -2.33. The highest BCUT2D eigenvalue weighted by atomic mass is 15.5. The Bertz CT molecular complexity index is 141. The highest BCUT2D eigenvalue weighted by molar-refractivity contribution is 5.83. The molecule has 1 N–H and O–H groups in total. The summed E-state index contributed by atoms with van der Waals surface area (Å²) in [7, 11) is 0. The van der Waals surface area contributed by atoms with Crippen LogP contribution in [0.25, 0.3) is 0 Å². The Morgan fingerprint density at radius 1 is 1.44 bits per heavy atom. The number of piperidine rings is 1. The molecule has 0 bridgehead atoms. The minimum absolute atomic E-state index is 0.940. The maximum absolute atomic E-state index is 4.15. The van der Waals surface area contributed by atoms with Crippen LogP contribution in [0.3, 0.4) is 0 Å². The van der Waals surface area contributed by atoms with Crippen molar-refractivity contribution in [1.82, 2.24) is 10.3 Å². The van der Waals surface area contributed by atoms with Crippen LogP contribution in [-0.2, 0) is 0 Å². The molecule has 0 amide bonds. The SMILES string of the molecule is C1CCN2CNN=C2C1. The Morgan fingerprint density at radius 2 is 2.44 bits per heavy atom. The second-order valence-corrected chi connectivity index (χ2v) is 2.56. The van der Waals surface area contributed by atoms with Crippen molar-refractivity contribution in [2.24, 2.45) is 5.10 Å². The Hall–Kier alpha value is -0.730. The van der Waals surface area contributed by atoms with Crippen LogP contribution in [0.15, 0.2) is 5.10 Å². The first-order valence-corrected chi connectivity index (χ1v) is 3.51. The van der Waals surface area contributed by atoms with Gasteiger partial charge in [0.2, 0.25) is 0 Å². The number of nitrogens with one attached hydrogen (secondary N) is 1. The summed E-state index contributed by atoms with van der Waals surface area (Å²) in [6.07, 6.45) is 3.82. The van der Waals surface area contributed by atoms with Crippen molar-refractivity contribution in [2.45, 2.75) is 19.3 Å². The van der Waals surface area contributed by atoms with Crippen molar-refractivity contribution >= 4 is 5.84 Å². The maximum Gasteiger partial charge on any atom is 0.126 e. The molecule has 1 saturated heterocycles. The van der Waals surface area contributed by atoms with E-state index in [0.717, 1.165) is 6.67 Å². The van der Waals surface area contributed by atoms with Gasteiger partial charge in [-0.2, -0.15) is 5.10 Å². The molecule has 3 heteroatoms. The lowest BCUT2D eigenvalue weighted by atomic mass is 10.1. The van der Waals surface area contributed by atoms with Gasteiger partial charge in [-0.05, 0) is 12.8 Å². The summed E-state index contributed by atoms with van der Waals surface area (Å²) in [5, 5.41) is 4.15. The molecule has 0 aromatic heterocycles. The summed E-state index contributed by atoms with van der Waals surface area (Å²) in [5.41, 5.74) is 2.98. The average molecular weight is 125 g/mol. The number of fused-ring (bicyclic) bond motifs is 1. The number of hydrazone groups is 1. The van der Waals surface area contributed by atoms with E-state index >= 15 is 0 Å². The van der Waals surface area contributed by atoms with E-state index in [2.05, 4.69) is 15.4 Å². The molecule has 0 spiro atoms. The summed E-state index contributed by atoms with van der Waals surface area (Å²) < 4.78 is 0. The molecule has 0 radical (unpaired) electrons. The highest BCUT2D eigenvalue weighted by Gasteiger charge is 2.19. The van der Waals surface area contributed by atoms with Gasteiger partial charge in [-0.1, -0.05) is 0 Å². The average Bonchev–Trinajstić information content (AvgIpc) is 2.33. The second-order valence-electron chi connectivity index (χ2n) is 2.56. The summed E-state index contributed by atoms with van der Waals surface area (Å²) >= 11 is 0. The maximum atomic E-state index is 4.15. The second kappa shape index (κ2) is 1.90. The Morgan fingerprint density at radius 3 is 3.33 bits per heavy atom. The summed E-state index contributed by atoms with van der Waals surface area (Å²) in [5.74, 6) is 1.27. The fraction of sp³-hybridized carbons (Fsp3) is 0.833. The zero-order chi connectivity index (χ0) is 6.10. The van der Waals surface area contributed by atoms with Gasteiger partial charge in [0, 0.05) is 13.0 Å². The molecule has 9 heavy (non-hydrogen) atoms. The van der Waals surface area contributed by atoms with Crippen LogP contribution in [0, 0.1) is 0 Å². The Balaban J connectivity index is 2.09. The molecule has 2 aliphatic heterocycles. The smallest absolute Gasteiger partial charge is 0.126 e. The van der Waals surface area contributed by atoms with Crippen LogP contribution in [0.4, 0.5) is 0 Å². The predicted molar refractivity (Wildman–Crippen MR) is 36.0 cm³/mol. The van der Waals surface area contributed by atoms with Gasteiger partial charge in [0.1, 0.15) is 12.5 Å². The number of hydrogen-bond donors (Lipinski definition) is 1. The predicted octanol–water partition coefficient (Wildman–Crippen LogP) is 0.346. The number of amidine groups is 1. The van der Waals surface area contributed by atoms with E-state index in [0.29, 0.717) is 0 Å². The molecular formula is C6H11N3. The molecule has 2 aliphatic rings. The van der Waals surface area contributed by atoms with Crippen LogP contribution >= 0.6 is 0 Å². The molecule has 0 unspecified atom stereocenters. The molecule has 2 rings (SSSR count). The monoisotopic (exact) mass is 125 g/mol. The lowest BCUT2D eigenvalue weighted by molar-refractivity contribution is 0.382. The Labute approximate surface area is 54.7 Å². The van der Waals surface area contributed by atoms with Gasteiger partial charge in [0.05, 0.1) is 0 Å². The van der Waals surface area contributed by atoms with Crippen molar-refractivity contribution in [2.75, 3.05) is 13.2 Å². The molecular weight excluding hydrogens is 114 g/mol. The van der Waals surface area contributed by atoms with Crippen LogP contribution in [0.1, 0.15) is 19.3 Å². The molecule has 3 nitrogen and oxygen atoms in total. The van der Waals surface area contributed by atoms with E-state index in [4.69, 9.17) is 0 Å². The molecule has 0 atom stereocenters. The molecule has 0 aliphatic carbocycles. The topological polar surface area (TPSA) is 27.6 Å². The van der Waals surface area contributed by atoms with Crippen LogP contribution in [0.5, 0.6) is 0 Å². The van der Waals surface area contributed by atoms with Crippen molar-refractivity contribution in [3.05, 3.63) is 0 Å². The first-order chi connectivity index (χ1) is 4.47. The van der Waals surface area contributed by atoms with Gasteiger partial charge in [0.25, 0.3) is 0 Å². The number of rotatable bonds is 0. The third kappa shape index (κ3) is 0.763. The van der Waals surface area contributed by atoms with Gasteiger partial charge in [0.15, 0.2) is 0 Å². The largest absolute Gasteiger partial charge is 0.340 e. The van der Waals surface area contributed by atoms with Gasteiger partial charge in [-0.15, -0.1) is 0 Å². The fourth-order valence-corrected chi connectivity index (χ4v) is 1.38. The molecule has 2 heterocycles. The van der Waals surface area contributed by atoms with E-state index in [1.165, 1.54) is 31.6 Å². The quantitative estimate of drug-likeness (QED) is 0.505. The van der Waals surface area contributed by atoms with E-state index in [-0.39, 0.29) is 0 Å². The van der Waals surface area contributed by atoms with E-state index in [1.54, 1.807) is 0 Å². The minimum atomic E-state index is 0.940. The normalized spacial score (nSPS) is 24.9. The minimum Gasteiger partial charge on any atom is -0.340 e. The van der Waals surface area contributed by atoms with E-state index < -0.39 is 0 Å². The number of nitrogens with zero attached hydrogens (tertiary/aromatic N) is 2. The van der Waals surface area contributed by atoms with Crippen LogP contribution < -0.4 is 5.43 Å². The molecule has 0 aromatic rings. The van der Waals surface area contributed by atoms with Crippen molar-refractivity contribution in [1.29, 1.82) is 0 Å². The van der Waals surface area contributed by atoms with Gasteiger partial charge < -0.3 is 4.90 Å². The van der Waals surface area contributed by atoms with Gasteiger partial charge >= 0.3 is 0 Å². The number of hydrogen-bond acceptors (Lipinski definition) is 3. The van der Waals surface area contributed by atoms with Crippen molar-refractivity contribution in [3.63, 3.8) is 0 Å². The van der Waals surface area contributed by atoms with Crippen molar-refractivity contribution in [3.8, 4) is 0 Å². The van der Waals surface area contributed by atoms with Crippen LogP contribution in [-0.4, -0.2) is 23.9 Å². The lowest BCUT2D eigenvalue weighted by Gasteiger charge is -2.22. The highest BCUT2D eigenvalue weighted by Crippen LogP contribution is 2.12. The molecule has 0 aromatic carbocycles. The summed E-state index contributed by atoms with van der Waals surface area (Å²) in [4.78, 5) is 2.31. The zero-order valence-electron chi connectivity index (χ0n) is 5.43. The van der Waals surface area contributed by atoms with E-state index in [9.17, 15) is 0 Å². The third-order valence-corrected chi connectivity index (χ3v) is 1.91. The summed E-state index contributed by atoms with van der Waals surface area (Å²) in [6, 6.07) is 0. The molecule has 1 fully saturated rings. The first kappa shape index (κ1) is 5.09. The van der Waals surface area contributed by atoms with Crippen LogP contribution in [0.2, 0.25) is 0 Å². The summed E-state index contributed by atoms with van der Waals surface area (Å²) in [6.45, 7) is 2.14. The van der Waals surface area contributed by atoms with E-state index in [1.807, 2.05) is 0 Å². The standard InChI is InChI=1S/C6H11N3/c1-2-4-9-5-7-8-6(9)3-1/h7H,1-5H2. The Kier molecular flexibility index (Phi) is 1.07. The fourth-order valence-electron chi connectivity index (χ4n) is 1.38. The van der Waals surface area contributed by atoms with Gasteiger partial charge in [-0.25, -0.2) is 0 Å². The zero-order valence-corrected chi connectivity index (χ0v) is 5.43. The third-order valence-electron chi connectivity index (χ3n) is 1.91. The first-order valence-electron chi connectivity index (χ1n) is 3.51. The molecule has 0 saturated carbocycles. The van der Waals surface area contributed by atoms with Crippen molar-refractivity contribution < 1.29 is 0 Å².